The lowest BCUT2D eigenvalue weighted by Crippen LogP contribution is -2.08. The number of nitrogens with two attached hydrogens (primary N) is 1. The number of rotatable bonds is 3. The highest BCUT2D eigenvalue weighted by Gasteiger charge is 2.09. The molecule has 70 valence electrons. The van der Waals surface area contributed by atoms with E-state index in [-0.39, 0.29) is 5.56 Å². The average Bonchev–Trinajstić information content (AvgIpc) is 2.08. The second-order valence-electron chi connectivity index (χ2n) is 2.65. The van der Waals surface area contributed by atoms with Gasteiger partial charge in [-0.2, -0.15) is 0 Å². The van der Waals surface area contributed by atoms with Gasteiger partial charge in [-0.3, -0.25) is 0 Å². The summed E-state index contributed by atoms with van der Waals surface area (Å²) in [4.78, 5) is 10.6. The van der Waals surface area contributed by atoms with Crippen LogP contribution in [0, 0.1) is 5.82 Å². The van der Waals surface area contributed by atoms with E-state index in [0.29, 0.717) is 18.5 Å². The Labute approximate surface area is 75.0 Å². The smallest absolute Gasteiger partial charge is 0.336 e. The van der Waals surface area contributed by atoms with E-state index in [1.165, 1.54) is 12.1 Å². The van der Waals surface area contributed by atoms with Crippen molar-refractivity contribution in [3.8, 4) is 0 Å². The topological polar surface area (TPSA) is 63.3 Å². The zero-order chi connectivity index (χ0) is 9.84. The van der Waals surface area contributed by atoms with Gasteiger partial charge in [-0.05, 0) is 30.7 Å². The average molecular weight is 183 g/mol. The van der Waals surface area contributed by atoms with Gasteiger partial charge in [-0.15, -0.1) is 0 Å². The lowest BCUT2D eigenvalue weighted by atomic mass is 10.0. The highest BCUT2D eigenvalue weighted by molar-refractivity contribution is 5.89. The van der Waals surface area contributed by atoms with Crippen molar-refractivity contribution in [1.82, 2.24) is 0 Å². The molecule has 0 amide bonds. The lowest BCUT2D eigenvalue weighted by Gasteiger charge is -2.03. The maximum absolute atomic E-state index is 12.7. The number of carbonyl (C=O) groups is 1. The zero-order valence-corrected chi connectivity index (χ0v) is 6.96. The molecular formula is C9H10FNO2. The molecule has 0 heterocycles. The van der Waals surface area contributed by atoms with Crippen LogP contribution in [0.25, 0.3) is 0 Å². The molecule has 0 aliphatic carbocycles. The SMILES string of the molecule is NCCc1ccc(F)cc1C(=O)O. The molecule has 13 heavy (non-hydrogen) atoms. The molecule has 1 rings (SSSR count). The van der Waals surface area contributed by atoms with Crippen LogP contribution in [0.4, 0.5) is 4.39 Å². The summed E-state index contributed by atoms with van der Waals surface area (Å²) in [6.45, 7) is 0.353. The van der Waals surface area contributed by atoms with Crippen LogP contribution in [0.2, 0.25) is 0 Å². The predicted octanol–water partition coefficient (Wildman–Crippen LogP) is 1.03. The Morgan fingerprint density at radius 2 is 2.23 bits per heavy atom. The van der Waals surface area contributed by atoms with Crippen molar-refractivity contribution in [2.75, 3.05) is 6.54 Å². The summed E-state index contributed by atoms with van der Waals surface area (Å²) in [5.41, 5.74) is 5.84. The summed E-state index contributed by atoms with van der Waals surface area (Å²) in [7, 11) is 0. The first-order valence-corrected chi connectivity index (χ1v) is 3.87. The molecule has 0 bridgehead atoms. The molecule has 3 N–H and O–H groups in total. The van der Waals surface area contributed by atoms with Crippen molar-refractivity contribution in [2.24, 2.45) is 5.73 Å². The molecular weight excluding hydrogens is 173 g/mol. The highest BCUT2D eigenvalue weighted by atomic mass is 19.1. The van der Waals surface area contributed by atoms with Crippen molar-refractivity contribution >= 4 is 5.97 Å². The molecule has 3 nitrogen and oxygen atoms in total. The Morgan fingerprint density at radius 3 is 2.77 bits per heavy atom. The van der Waals surface area contributed by atoms with E-state index in [1.807, 2.05) is 0 Å². The first-order chi connectivity index (χ1) is 6.15. The first-order valence-electron chi connectivity index (χ1n) is 3.87. The minimum absolute atomic E-state index is 0.00884. The van der Waals surface area contributed by atoms with Crippen molar-refractivity contribution < 1.29 is 14.3 Å². The fraction of sp³-hybridized carbons (Fsp3) is 0.222. The van der Waals surface area contributed by atoms with E-state index < -0.39 is 11.8 Å². The zero-order valence-electron chi connectivity index (χ0n) is 6.96. The van der Waals surface area contributed by atoms with Crippen LogP contribution >= 0.6 is 0 Å². The van der Waals surface area contributed by atoms with Crippen LogP contribution in [0.5, 0.6) is 0 Å². The molecule has 0 fully saturated rings. The van der Waals surface area contributed by atoms with Gasteiger partial charge in [0.1, 0.15) is 5.82 Å². The number of carboxylic acid groups (broad SMARTS) is 1. The third-order valence-corrected chi connectivity index (χ3v) is 1.72. The second kappa shape index (κ2) is 4.00. The number of hydrogen-bond acceptors (Lipinski definition) is 2. The molecule has 0 unspecified atom stereocenters. The summed E-state index contributed by atoms with van der Waals surface area (Å²) in [5, 5.41) is 8.71. The summed E-state index contributed by atoms with van der Waals surface area (Å²) < 4.78 is 12.7. The number of carboxylic acids is 1. The number of hydrogen-bond donors (Lipinski definition) is 2. The molecule has 1 aromatic rings. The molecule has 0 aliphatic rings. The van der Waals surface area contributed by atoms with Crippen molar-refractivity contribution in [1.29, 1.82) is 0 Å². The van der Waals surface area contributed by atoms with Gasteiger partial charge in [0.2, 0.25) is 0 Å². The Bertz CT molecular complexity index is 325. The van der Waals surface area contributed by atoms with Crippen molar-refractivity contribution in [2.45, 2.75) is 6.42 Å². The fourth-order valence-corrected chi connectivity index (χ4v) is 1.12. The lowest BCUT2D eigenvalue weighted by molar-refractivity contribution is 0.0695. The maximum Gasteiger partial charge on any atom is 0.336 e. The summed E-state index contributed by atoms with van der Waals surface area (Å²) in [6.07, 6.45) is 0.446. The second-order valence-corrected chi connectivity index (χ2v) is 2.65. The first kappa shape index (κ1) is 9.67. The molecule has 0 saturated carbocycles. The van der Waals surface area contributed by atoms with Crippen LogP contribution in [0.15, 0.2) is 18.2 Å². The molecule has 0 atom stereocenters. The van der Waals surface area contributed by atoms with Crippen LogP contribution < -0.4 is 5.73 Å². The maximum atomic E-state index is 12.7. The molecule has 4 heteroatoms. The Balaban J connectivity index is 3.10. The van der Waals surface area contributed by atoms with E-state index in [9.17, 15) is 9.18 Å². The summed E-state index contributed by atoms with van der Waals surface area (Å²) in [5.74, 6) is -1.67. The Kier molecular flexibility index (Phi) is 2.97. The minimum atomic E-state index is -1.12. The number of benzene rings is 1. The van der Waals surface area contributed by atoms with Crippen molar-refractivity contribution in [3.63, 3.8) is 0 Å². The van der Waals surface area contributed by atoms with Gasteiger partial charge in [0, 0.05) is 0 Å². The quantitative estimate of drug-likeness (QED) is 0.735. The predicted molar refractivity (Wildman–Crippen MR) is 46.1 cm³/mol. The summed E-state index contributed by atoms with van der Waals surface area (Å²) in [6, 6.07) is 3.69. The van der Waals surface area contributed by atoms with Gasteiger partial charge in [0.15, 0.2) is 0 Å². The monoisotopic (exact) mass is 183 g/mol. The molecule has 0 aromatic heterocycles. The molecule has 0 radical (unpaired) electrons. The largest absolute Gasteiger partial charge is 0.478 e. The molecule has 0 spiro atoms. The van der Waals surface area contributed by atoms with E-state index in [4.69, 9.17) is 10.8 Å². The van der Waals surface area contributed by atoms with E-state index in [2.05, 4.69) is 0 Å². The molecule has 0 saturated heterocycles. The van der Waals surface area contributed by atoms with Gasteiger partial charge >= 0.3 is 5.97 Å². The highest BCUT2D eigenvalue weighted by Crippen LogP contribution is 2.11. The van der Waals surface area contributed by atoms with Crippen LogP contribution in [0.3, 0.4) is 0 Å². The van der Waals surface area contributed by atoms with Gasteiger partial charge in [0.05, 0.1) is 5.56 Å². The Morgan fingerprint density at radius 1 is 1.54 bits per heavy atom. The fourth-order valence-electron chi connectivity index (χ4n) is 1.12. The third-order valence-electron chi connectivity index (χ3n) is 1.72. The summed E-state index contributed by atoms with van der Waals surface area (Å²) >= 11 is 0. The van der Waals surface area contributed by atoms with Crippen LogP contribution in [0.1, 0.15) is 15.9 Å². The van der Waals surface area contributed by atoms with E-state index in [0.717, 1.165) is 6.07 Å². The Hall–Kier alpha value is -1.42. The van der Waals surface area contributed by atoms with Gasteiger partial charge < -0.3 is 10.8 Å². The molecule has 1 aromatic carbocycles. The minimum Gasteiger partial charge on any atom is -0.478 e. The third kappa shape index (κ3) is 2.26. The van der Waals surface area contributed by atoms with Crippen LogP contribution in [-0.2, 0) is 6.42 Å². The van der Waals surface area contributed by atoms with Gasteiger partial charge in [0.25, 0.3) is 0 Å². The molecule has 0 aliphatic heterocycles. The number of aromatic carboxylic acids is 1. The van der Waals surface area contributed by atoms with Gasteiger partial charge in [-0.25, -0.2) is 9.18 Å². The standard InChI is InChI=1S/C9H10FNO2/c10-7-2-1-6(3-4-11)8(5-7)9(12)13/h1-2,5H,3-4,11H2,(H,12,13). The van der Waals surface area contributed by atoms with Crippen molar-refractivity contribution in [3.05, 3.63) is 35.1 Å². The van der Waals surface area contributed by atoms with Gasteiger partial charge in [-0.1, -0.05) is 6.07 Å². The number of halogens is 1. The van der Waals surface area contributed by atoms with Crippen LogP contribution in [-0.4, -0.2) is 17.6 Å². The normalized spacial score (nSPS) is 10.0. The van der Waals surface area contributed by atoms with E-state index >= 15 is 0 Å². The van der Waals surface area contributed by atoms with E-state index in [1.54, 1.807) is 0 Å².